The highest BCUT2D eigenvalue weighted by molar-refractivity contribution is 7.99. The van der Waals surface area contributed by atoms with Crippen molar-refractivity contribution in [3.63, 3.8) is 0 Å². The monoisotopic (exact) mass is 239 g/mol. The minimum absolute atomic E-state index is 0.268. The largest absolute Gasteiger partial charge is 0.396 e. The van der Waals surface area contributed by atoms with E-state index < -0.39 is 0 Å². The average molecular weight is 239 g/mol. The molecule has 1 aromatic rings. The minimum atomic E-state index is 0.268. The normalized spacial score (nSPS) is 12.8. The third-order valence-corrected chi connectivity index (χ3v) is 3.85. The summed E-state index contributed by atoms with van der Waals surface area (Å²) in [6.07, 6.45) is 0. The molecule has 16 heavy (non-hydrogen) atoms. The third kappa shape index (κ3) is 4.16. The Hall–Kier alpha value is -0.510. The zero-order chi connectivity index (χ0) is 12.0. The standard InChI is InChI=1S/C13H21NOS/c1-10(8-15)9-16-13-5-4-12(7-14-3)11(2)6-13/h4-6,10,14-15H,7-9H2,1-3H3. The number of hydrogen-bond acceptors (Lipinski definition) is 3. The molecule has 0 aliphatic heterocycles. The lowest BCUT2D eigenvalue weighted by molar-refractivity contribution is 0.250. The summed E-state index contributed by atoms with van der Waals surface area (Å²) in [5, 5.41) is 12.1. The van der Waals surface area contributed by atoms with Crippen LogP contribution in [0.15, 0.2) is 23.1 Å². The minimum Gasteiger partial charge on any atom is -0.396 e. The maximum absolute atomic E-state index is 8.96. The molecule has 3 heteroatoms. The number of aliphatic hydroxyl groups excluding tert-OH is 1. The van der Waals surface area contributed by atoms with Gasteiger partial charge in [0, 0.05) is 23.8 Å². The number of aliphatic hydroxyl groups is 1. The van der Waals surface area contributed by atoms with Gasteiger partial charge in [-0.2, -0.15) is 0 Å². The van der Waals surface area contributed by atoms with E-state index in [1.54, 1.807) is 0 Å². The van der Waals surface area contributed by atoms with E-state index in [1.807, 2.05) is 18.8 Å². The predicted octanol–water partition coefficient (Wildman–Crippen LogP) is 2.43. The highest BCUT2D eigenvalue weighted by Gasteiger charge is 2.03. The molecule has 1 unspecified atom stereocenters. The van der Waals surface area contributed by atoms with E-state index in [2.05, 4.69) is 37.4 Å². The number of thioether (sulfide) groups is 1. The molecule has 0 saturated heterocycles. The summed E-state index contributed by atoms with van der Waals surface area (Å²) in [7, 11) is 1.96. The molecule has 2 nitrogen and oxygen atoms in total. The number of aryl methyl sites for hydroxylation is 1. The Morgan fingerprint density at radius 2 is 2.19 bits per heavy atom. The van der Waals surface area contributed by atoms with Crippen molar-refractivity contribution >= 4 is 11.8 Å². The Labute approximate surface area is 102 Å². The Morgan fingerprint density at radius 1 is 1.44 bits per heavy atom. The molecule has 0 heterocycles. The molecule has 0 aliphatic rings. The van der Waals surface area contributed by atoms with Crippen molar-refractivity contribution in [2.24, 2.45) is 5.92 Å². The Bertz CT molecular complexity index is 328. The van der Waals surface area contributed by atoms with Crippen molar-refractivity contribution in [3.8, 4) is 0 Å². The van der Waals surface area contributed by atoms with Crippen LogP contribution in [0.3, 0.4) is 0 Å². The van der Waals surface area contributed by atoms with Crippen LogP contribution in [0.25, 0.3) is 0 Å². The molecular formula is C13H21NOS. The molecule has 0 bridgehead atoms. The van der Waals surface area contributed by atoms with Gasteiger partial charge in [0.2, 0.25) is 0 Å². The lowest BCUT2D eigenvalue weighted by Gasteiger charge is -2.10. The van der Waals surface area contributed by atoms with Crippen LogP contribution in [0.4, 0.5) is 0 Å². The molecule has 0 amide bonds. The number of nitrogens with one attached hydrogen (secondary N) is 1. The summed E-state index contributed by atoms with van der Waals surface area (Å²) in [5.74, 6) is 1.34. The summed E-state index contributed by atoms with van der Waals surface area (Å²) in [6, 6.07) is 6.56. The zero-order valence-electron chi connectivity index (χ0n) is 10.3. The molecule has 0 spiro atoms. The Morgan fingerprint density at radius 3 is 2.75 bits per heavy atom. The van der Waals surface area contributed by atoms with Crippen molar-refractivity contribution in [3.05, 3.63) is 29.3 Å². The molecule has 0 saturated carbocycles. The lowest BCUT2D eigenvalue weighted by Crippen LogP contribution is -2.06. The molecule has 0 aromatic heterocycles. The van der Waals surface area contributed by atoms with Crippen molar-refractivity contribution in [1.82, 2.24) is 5.32 Å². The first-order valence-corrected chi connectivity index (χ1v) is 6.63. The maximum atomic E-state index is 8.96. The van der Waals surface area contributed by atoms with Crippen molar-refractivity contribution in [2.45, 2.75) is 25.3 Å². The fraction of sp³-hybridized carbons (Fsp3) is 0.538. The Kier molecular flexibility index (Phi) is 5.88. The van der Waals surface area contributed by atoms with E-state index in [0.29, 0.717) is 5.92 Å². The second-order valence-corrected chi connectivity index (χ2v) is 5.31. The van der Waals surface area contributed by atoms with E-state index in [4.69, 9.17) is 5.11 Å². The van der Waals surface area contributed by atoms with Crippen molar-refractivity contribution in [1.29, 1.82) is 0 Å². The van der Waals surface area contributed by atoms with Gasteiger partial charge in [-0.15, -0.1) is 11.8 Å². The van der Waals surface area contributed by atoms with Gasteiger partial charge in [0.25, 0.3) is 0 Å². The lowest BCUT2D eigenvalue weighted by atomic mass is 10.1. The van der Waals surface area contributed by atoms with Gasteiger partial charge in [-0.1, -0.05) is 13.0 Å². The molecule has 2 N–H and O–H groups in total. The second-order valence-electron chi connectivity index (χ2n) is 4.22. The summed E-state index contributed by atoms with van der Waals surface area (Å²) < 4.78 is 0. The first-order chi connectivity index (χ1) is 7.67. The smallest absolute Gasteiger partial charge is 0.0464 e. The van der Waals surface area contributed by atoms with Gasteiger partial charge in [0.1, 0.15) is 0 Å². The molecule has 0 fully saturated rings. The number of hydrogen-bond donors (Lipinski definition) is 2. The van der Waals surface area contributed by atoms with Gasteiger partial charge in [-0.25, -0.2) is 0 Å². The van der Waals surface area contributed by atoms with Gasteiger partial charge >= 0.3 is 0 Å². The molecule has 0 radical (unpaired) electrons. The van der Waals surface area contributed by atoms with Crippen LogP contribution in [0.1, 0.15) is 18.1 Å². The van der Waals surface area contributed by atoms with Gasteiger partial charge in [0.15, 0.2) is 0 Å². The number of rotatable bonds is 6. The molecule has 1 atom stereocenters. The number of benzene rings is 1. The summed E-state index contributed by atoms with van der Waals surface area (Å²) >= 11 is 1.81. The van der Waals surface area contributed by atoms with E-state index in [0.717, 1.165) is 12.3 Å². The fourth-order valence-electron chi connectivity index (χ4n) is 1.44. The SMILES string of the molecule is CNCc1ccc(SCC(C)CO)cc1C. The summed E-state index contributed by atoms with van der Waals surface area (Å²) in [6.45, 7) is 5.40. The van der Waals surface area contributed by atoms with Gasteiger partial charge < -0.3 is 10.4 Å². The Balaban J connectivity index is 2.59. The first-order valence-electron chi connectivity index (χ1n) is 5.65. The van der Waals surface area contributed by atoms with Crippen LogP contribution in [0, 0.1) is 12.8 Å². The van der Waals surface area contributed by atoms with Crippen LogP contribution < -0.4 is 5.32 Å². The maximum Gasteiger partial charge on any atom is 0.0464 e. The van der Waals surface area contributed by atoms with E-state index in [9.17, 15) is 0 Å². The van der Waals surface area contributed by atoms with E-state index >= 15 is 0 Å². The quantitative estimate of drug-likeness (QED) is 0.748. The first kappa shape index (κ1) is 13.6. The van der Waals surface area contributed by atoms with Crippen LogP contribution in [-0.4, -0.2) is 24.5 Å². The van der Waals surface area contributed by atoms with E-state index in [-0.39, 0.29) is 6.61 Å². The molecule has 90 valence electrons. The fourth-order valence-corrected chi connectivity index (χ4v) is 2.44. The molecular weight excluding hydrogens is 218 g/mol. The molecule has 1 rings (SSSR count). The van der Waals surface area contributed by atoms with Gasteiger partial charge in [-0.05, 0) is 43.1 Å². The van der Waals surface area contributed by atoms with E-state index in [1.165, 1.54) is 16.0 Å². The van der Waals surface area contributed by atoms with Crippen molar-refractivity contribution < 1.29 is 5.11 Å². The zero-order valence-corrected chi connectivity index (χ0v) is 11.1. The van der Waals surface area contributed by atoms with Crippen LogP contribution in [-0.2, 0) is 6.54 Å². The van der Waals surface area contributed by atoms with Crippen molar-refractivity contribution in [2.75, 3.05) is 19.4 Å². The van der Waals surface area contributed by atoms with Crippen LogP contribution in [0.2, 0.25) is 0 Å². The predicted molar refractivity (Wildman–Crippen MR) is 70.9 cm³/mol. The highest BCUT2D eigenvalue weighted by Crippen LogP contribution is 2.23. The molecule has 0 aliphatic carbocycles. The third-order valence-electron chi connectivity index (χ3n) is 2.53. The van der Waals surface area contributed by atoms with Gasteiger partial charge in [0.05, 0.1) is 0 Å². The summed E-state index contributed by atoms with van der Waals surface area (Å²) in [4.78, 5) is 1.29. The highest BCUT2D eigenvalue weighted by atomic mass is 32.2. The summed E-state index contributed by atoms with van der Waals surface area (Å²) in [5.41, 5.74) is 2.68. The molecule has 1 aromatic carbocycles. The van der Waals surface area contributed by atoms with Crippen LogP contribution >= 0.6 is 11.8 Å². The second kappa shape index (κ2) is 6.94. The van der Waals surface area contributed by atoms with Gasteiger partial charge in [-0.3, -0.25) is 0 Å². The van der Waals surface area contributed by atoms with Crippen LogP contribution in [0.5, 0.6) is 0 Å². The average Bonchev–Trinajstić information content (AvgIpc) is 2.29. The topological polar surface area (TPSA) is 32.3 Å².